The molecular formula is C21H21FN2O4S. The molecule has 6 nitrogen and oxygen atoms in total. The monoisotopic (exact) mass is 416 g/mol. The van der Waals surface area contributed by atoms with Crippen molar-refractivity contribution in [1.29, 1.82) is 0 Å². The van der Waals surface area contributed by atoms with Crippen molar-refractivity contribution in [1.82, 2.24) is 4.72 Å². The number of amides is 1. The first-order valence-corrected chi connectivity index (χ1v) is 10.5. The summed E-state index contributed by atoms with van der Waals surface area (Å²) in [5.41, 5.74) is 1.46. The quantitative estimate of drug-likeness (QED) is 0.614. The van der Waals surface area contributed by atoms with Gasteiger partial charge < -0.3 is 18.6 Å². The molecule has 0 saturated heterocycles. The van der Waals surface area contributed by atoms with Crippen molar-refractivity contribution >= 4 is 33.9 Å². The van der Waals surface area contributed by atoms with Crippen molar-refractivity contribution in [2.75, 3.05) is 19.0 Å². The minimum atomic E-state index is -2.13. The molecule has 1 atom stereocenters. The van der Waals surface area contributed by atoms with E-state index in [4.69, 9.17) is 9.15 Å². The summed E-state index contributed by atoms with van der Waals surface area (Å²) in [5, 5.41) is 0.742. The van der Waals surface area contributed by atoms with Crippen molar-refractivity contribution in [3.63, 3.8) is 0 Å². The molecule has 0 aliphatic heterocycles. The lowest BCUT2D eigenvalue weighted by Crippen LogP contribution is -2.32. The van der Waals surface area contributed by atoms with Crippen molar-refractivity contribution in [3.05, 3.63) is 54.0 Å². The van der Waals surface area contributed by atoms with E-state index >= 15 is 0 Å². The molecule has 1 aliphatic carbocycles. The van der Waals surface area contributed by atoms with Crippen LogP contribution in [0.5, 0.6) is 5.75 Å². The van der Waals surface area contributed by atoms with Crippen LogP contribution in [0.15, 0.2) is 51.8 Å². The topological polar surface area (TPSA) is 77.8 Å². The zero-order chi connectivity index (χ0) is 20.5. The van der Waals surface area contributed by atoms with Gasteiger partial charge in [-0.05, 0) is 49.6 Å². The van der Waals surface area contributed by atoms with E-state index in [0.29, 0.717) is 5.58 Å². The molecule has 1 saturated carbocycles. The van der Waals surface area contributed by atoms with Crippen LogP contribution in [-0.4, -0.2) is 30.7 Å². The number of benzene rings is 2. The van der Waals surface area contributed by atoms with E-state index in [9.17, 15) is 13.7 Å². The Hall–Kier alpha value is -2.71. The Labute approximate surface area is 170 Å². The summed E-state index contributed by atoms with van der Waals surface area (Å²) in [5.74, 6) is -1.19. The molecule has 1 aliphatic rings. The van der Waals surface area contributed by atoms with Crippen molar-refractivity contribution in [2.45, 2.75) is 30.3 Å². The fourth-order valence-electron chi connectivity index (χ4n) is 3.03. The van der Waals surface area contributed by atoms with Crippen LogP contribution in [0.25, 0.3) is 11.0 Å². The molecule has 1 amide bonds. The van der Waals surface area contributed by atoms with E-state index in [0.717, 1.165) is 30.3 Å². The van der Waals surface area contributed by atoms with Crippen molar-refractivity contribution in [3.8, 4) is 5.75 Å². The van der Waals surface area contributed by atoms with E-state index in [1.165, 1.54) is 12.1 Å². The Kier molecular flexibility index (Phi) is 5.38. The zero-order valence-corrected chi connectivity index (χ0v) is 16.9. The van der Waals surface area contributed by atoms with Gasteiger partial charge in [0.15, 0.2) is 17.3 Å². The molecule has 3 aromatic rings. The van der Waals surface area contributed by atoms with Gasteiger partial charge in [0.1, 0.15) is 16.9 Å². The Balaban J connectivity index is 1.54. The Morgan fingerprint density at radius 1 is 1.28 bits per heavy atom. The number of nitrogens with zero attached hydrogens (tertiary/aromatic N) is 1. The second-order valence-corrected chi connectivity index (χ2v) is 8.31. The van der Waals surface area contributed by atoms with Gasteiger partial charge in [0.05, 0.1) is 6.10 Å². The number of hydrogen-bond acceptors (Lipinski definition) is 5. The van der Waals surface area contributed by atoms with Gasteiger partial charge in [0.25, 0.3) is 4.90 Å². The number of halogens is 1. The summed E-state index contributed by atoms with van der Waals surface area (Å²) in [6.45, 7) is 0. The number of furan rings is 1. The normalized spacial score (nSPS) is 15.0. The van der Waals surface area contributed by atoms with E-state index in [2.05, 4.69) is 4.72 Å². The standard InChI is InChI=1S/C21H21FN2O4S/c1-24(2)14-10-9-13-11-19(28-18(13)12-14)21(25)23-29(26)20-16(22)7-4-8-17(20)27-15-5-3-6-15/h4,7-12,15H,3,5-6H2,1-2H3,(H,23,25). The lowest BCUT2D eigenvalue weighted by Gasteiger charge is -2.27. The van der Waals surface area contributed by atoms with E-state index in [-0.39, 0.29) is 22.5 Å². The summed E-state index contributed by atoms with van der Waals surface area (Å²) in [6.07, 6.45) is 2.80. The number of anilines is 1. The molecule has 1 fully saturated rings. The van der Waals surface area contributed by atoms with Crippen molar-refractivity contribution < 1.29 is 22.9 Å². The predicted molar refractivity (Wildman–Crippen MR) is 109 cm³/mol. The van der Waals surface area contributed by atoms with Crippen LogP contribution in [0.2, 0.25) is 0 Å². The molecule has 4 rings (SSSR count). The fraction of sp³-hybridized carbons (Fsp3) is 0.286. The third-order valence-corrected chi connectivity index (χ3v) is 6.03. The van der Waals surface area contributed by atoms with Gasteiger partial charge >= 0.3 is 5.91 Å². The molecule has 1 N–H and O–H groups in total. The molecule has 0 bridgehead atoms. The fourth-order valence-corrected chi connectivity index (χ4v) is 3.94. The van der Waals surface area contributed by atoms with Gasteiger partial charge in [-0.3, -0.25) is 4.79 Å². The second kappa shape index (κ2) is 7.96. The van der Waals surface area contributed by atoms with Gasteiger partial charge in [0.2, 0.25) is 0 Å². The second-order valence-electron chi connectivity index (χ2n) is 7.16. The highest BCUT2D eigenvalue weighted by atomic mass is 32.2. The molecule has 8 heteroatoms. The minimum absolute atomic E-state index is 0.00190. The molecular weight excluding hydrogens is 395 g/mol. The lowest BCUT2D eigenvalue weighted by molar-refractivity contribution is 0.0956. The maximum absolute atomic E-state index is 14.4. The Bertz CT molecular complexity index is 1050. The molecule has 29 heavy (non-hydrogen) atoms. The average molecular weight is 416 g/mol. The van der Waals surface area contributed by atoms with Gasteiger partial charge in [-0.1, -0.05) is 6.07 Å². The number of ether oxygens (including phenoxy) is 1. The highest BCUT2D eigenvalue weighted by molar-refractivity contribution is 7.90. The van der Waals surface area contributed by atoms with E-state index in [1.807, 2.05) is 37.2 Å². The molecule has 1 unspecified atom stereocenters. The number of fused-ring (bicyclic) bond motifs is 1. The highest BCUT2D eigenvalue weighted by Crippen LogP contribution is 2.32. The number of carbonyl (C=O) groups excluding carboxylic acids is 1. The van der Waals surface area contributed by atoms with Crippen molar-refractivity contribution in [2.24, 2.45) is 0 Å². The third-order valence-electron chi connectivity index (χ3n) is 4.89. The first-order valence-electron chi connectivity index (χ1n) is 9.31. The minimum Gasteiger partial charge on any atom is -0.588 e. The van der Waals surface area contributed by atoms with Gasteiger partial charge in [0, 0.05) is 31.2 Å². The van der Waals surface area contributed by atoms with Crippen LogP contribution in [-0.2, 0) is 11.4 Å². The van der Waals surface area contributed by atoms with Crippen LogP contribution in [0.4, 0.5) is 10.1 Å². The molecule has 0 radical (unpaired) electrons. The predicted octanol–water partition coefficient (Wildman–Crippen LogP) is 4.02. The summed E-state index contributed by atoms with van der Waals surface area (Å²) >= 11 is -2.13. The molecule has 0 spiro atoms. The maximum Gasteiger partial charge on any atom is 0.328 e. The van der Waals surface area contributed by atoms with Crippen LogP contribution < -0.4 is 14.4 Å². The molecule has 1 heterocycles. The first-order chi connectivity index (χ1) is 13.9. The number of carbonyl (C=O) groups is 1. The van der Waals surface area contributed by atoms with Gasteiger partial charge in [-0.25, -0.2) is 4.39 Å². The van der Waals surface area contributed by atoms with Crippen LogP contribution in [0.1, 0.15) is 29.8 Å². The van der Waals surface area contributed by atoms with Crippen LogP contribution in [0.3, 0.4) is 0 Å². The maximum atomic E-state index is 14.4. The Morgan fingerprint density at radius 2 is 2.07 bits per heavy atom. The number of nitrogens with one attached hydrogen (secondary N) is 1. The SMILES string of the molecule is CN(C)c1ccc2cc(C(=O)N[S+]([O-])c3c(F)cccc3OC3CCC3)oc2c1. The average Bonchev–Trinajstić information content (AvgIpc) is 3.08. The van der Waals surface area contributed by atoms with Crippen LogP contribution >= 0.6 is 0 Å². The largest absolute Gasteiger partial charge is 0.588 e. The number of hydrogen-bond donors (Lipinski definition) is 1. The number of rotatable bonds is 6. The zero-order valence-electron chi connectivity index (χ0n) is 16.1. The molecule has 152 valence electrons. The summed E-state index contributed by atoms with van der Waals surface area (Å²) in [6, 6.07) is 11.4. The molecule has 1 aromatic heterocycles. The Morgan fingerprint density at radius 3 is 2.76 bits per heavy atom. The van der Waals surface area contributed by atoms with E-state index in [1.54, 1.807) is 12.1 Å². The van der Waals surface area contributed by atoms with Gasteiger partial charge in [-0.2, -0.15) is 4.72 Å². The highest BCUT2D eigenvalue weighted by Gasteiger charge is 2.30. The summed E-state index contributed by atoms with van der Waals surface area (Å²) < 4.78 is 40.8. The third kappa shape index (κ3) is 4.04. The smallest absolute Gasteiger partial charge is 0.328 e. The van der Waals surface area contributed by atoms with E-state index < -0.39 is 23.1 Å². The first kappa shape index (κ1) is 19.6. The van der Waals surface area contributed by atoms with Gasteiger partial charge in [-0.15, -0.1) is 0 Å². The summed E-state index contributed by atoms with van der Waals surface area (Å²) in [4.78, 5) is 14.3. The lowest BCUT2D eigenvalue weighted by atomic mass is 9.96. The van der Waals surface area contributed by atoms with Crippen LogP contribution in [0, 0.1) is 5.82 Å². The summed E-state index contributed by atoms with van der Waals surface area (Å²) in [7, 11) is 3.80. The molecule has 2 aromatic carbocycles.